The molecule has 1 N–H and O–H groups in total. The molecule has 0 spiro atoms. The molecule has 2 aromatic rings. The number of rotatable bonds is 6. The topological polar surface area (TPSA) is 51.2 Å². The Morgan fingerprint density at radius 2 is 2.04 bits per heavy atom. The highest BCUT2D eigenvalue weighted by molar-refractivity contribution is 6.30. The molecule has 2 rings (SSSR count). The molecular weight excluding hydrogens is 345 g/mol. The number of carbonyl (C=O) groups excluding carboxylic acids is 1. The Balaban J connectivity index is 1.74. The molecule has 24 heavy (non-hydrogen) atoms. The zero-order valence-electron chi connectivity index (χ0n) is 12.4. The van der Waals surface area contributed by atoms with E-state index in [2.05, 4.69) is 10.3 Å². The predicted octanol–water partition coefficient (Wildman–Crippen LogP) is 3.95. The molecule has 0 aliphatic rings. The van der Waals surface area contributed by atoms with Gasteiger partial charge in [0.2, 0.25) is 0 Å². The summed E-state index contributed by atoms with van der Waals surface area (Å²) in [4.78, 5) is 15.5. The van der Waals surface area contributed by atoms with Crippen molar-refractivity contribution in [2.75, 3.05) is 18.5 Å². The lowest BCUT2D eigenvalue weighted by Gasteiger charge is -2.09. The standard InChI is InChI=1S/C16H14ClF3N2O2/c17-13-4-5-14(21-9-13)22-15(23)10-24-7-6-11-2-1-3-12(8-11)16(18,19)20/h1-5,8-9H,6-7,10H2,(H,21,22,23). The first kappa shape index (κ1) is 18.2. The minimum absolute atomic E-state index is 0.128. The molecule has 0 radical (unpaired) electrons. The molecule has 4 nitrogen and oxygen atoms in total. The van der Waals surface area contributed by atoms with Crippen LogP contribution in [0.15, 0.2) is 42.6 Å². The van der Waals surface area contributed by atoms with E-state index < -0.39 is 17.6 Å². The van der Waals surface area contributed by atoms with Gasteiger partial charge in [-0.2, -0.15) is 13.2 Å². The van der Waals surface area contributed by atoms with Crippen LogP contribution in [0.3, 0.4) is 0 Å². The number of nitrogens with one attached hydrogen (secondary N) is 1. The summed E-state index contributed by atoms with van der Waals surface area (Å²) in [7, 11) is 0. The number of alkyl halides is 3. The fourth-order valence-corrected chi connectivity index (χ4v) is 2.00. The van der Waals surface area contributed by atoms with Gasteiger partial charge in [-0.15, -0.1) is 0 Å². The van der Waals surface area contributed by atoms with Crippen LogP contribution in [-0.2, 0) is 22.1 Å². The second kappa shape index (κ2) is 8.12. The third kappa shape index (κ3) is 5.82. The molecule has 0 aliphatic carbocycles. The van der Waals surface area contributed by atoms with Crippen molar-refractivity contribution in [3.8, 4) is 0 Å². The maximum Gasteiger partial charge on any atom is 0.416 e. The first-order valence-electron chi connectivity index (χ1n) is 7.00. The molecule has 128 valence electrons. The van der Waals surface area contributed by atoms with Crippen LogP contribution < -0.4 is 5.32 Å². The first-order valence-corrected chi connectivity index (χ1v) is 7.38. The lowest BCUT2D eigenvalue weighted by Crippen LogP contribution is -2.19. The summed E-state index contributed by atoms with van der Waals surface area (Å²) in [5.41, 5.74) is -0.212. The van der Waals surface area contributed by atoms with E-state index in [4.69, 9.17) is 16.3 Å². The third-order valence-corrected chi connectivity index (χ3v) is 3.24. The predicted molar refractivity (Wildman–Crippen MR) is 83.8 cm³/mol. The molecule has 1 amide bonds. The minimum Gasteiger partial charge on any atom is -0.371 e. The molecule has 0 saturated carbocycles. The number of hydrogen-bond donors (Lipinski definition) is 1. The SMILES string of the molecule is O=C(COCCc1cccc(C(F)(F)F)c1)Nc1ccc(Cl)cn1. The van der Waals surface area contributed by atoms with Crippen molar-refractivity contribution >= 4 is 23.3 Å². The molecule has 0 aliphatic heterocycles. The van der Waals surface area contributed by atoms with Gasteiger partial charge in [-0.3, -0.25) is 4.79 Å². The normalized spacial score (nSPS) is 11.3. The van der Waals surface area contributed by atoms with Crippen molar-refractivity contribution in [2.45, 2.75) is 12.6 Å². The molecule has 0 saturated heterocycles. The van der Waals surface area contributed by atoms with Gasteiger partial charge >= 0.3 is 6.18 Å². The Kier molecular flexibility index (Phi) is 6.16. The number of amides is 1. The summed E-state index contributed by atoms with van der Waals surface area (Å²) in [5.74, 6) is -0.0697. The van der Waals surface area contributed by atoms with Gasteiger partial charge in [-0.25, -0.2) is 4.98 Å². The number of anilines is 1. The molecule has 0 atom stereocenters. The molecule has 8 heteroatoms. The summed E-state index contributed by atoms with van der Waals surface area (Å²) in [6.45, 7) is -0.0912. The van der Waals surface area contributed by atoms with E-state index in [1.165, 1.54) is 12.3 Å². The maximum absolute atomic E-state index is 12.6. The quantitative estimate of drug-likeness (QED) is 0.795. The minimum atomic E-state index is -4.37. The Morgan fingerprint density at radius 1 is 1.25 bits per heavy atom. The summed E-state index contributed by atoms with van der Waals surface area (Å²) in [6.07, 6.45) is -2.70. The van der Waals surface area contributed by atoms with Crippen molar-refractivity contribution in [3.63, 3.8) is 0 Å². The zero-order chi connectivity index (χ0) is 17.6. The van der Waals surface area contributed by atoms with Gasteiger partial charge in [0.05, 0.1) is 17.2 Å². The number of benzene rings is 1. The average molecular weight is 359 g/mol. The second-order valence-corrected chi connectivity index (χ2v) is 5.35. The number of hydrogen-bond acceptors (Lipinski definition) is 3. The van der Waals surface area contributed by atoms with Crippen LogP contribution in [0.1, 0.15) is 11.1 Å². The fourth-order valence-electron chi connectivity index (χ4n) is 1.89. The van der Waals surface area contributed by atoms with E-state index in [9.17, 15) is 18.0 Å². The van der Waals surface area contributed by atoms with Crippen LogP contribution >= 0.6 is 11.6 Å². The van der Waals surface area contributed by atoms with Gasteiger partial charge in [0, 0.05) is 6.20 Å². The number of halogens is 4. The molecule has 0 fully saturated rings. The number of aromatic nitrogens is 1. The van der Waals surface area contributed by atoms with Crippen molar-refractivity contribution in [1.29, 1.82) is 0 Å². The summed E-state index contributed by atoms with van der Waals surface area (Å²) >= 11 is 5.68. The van der Waals surface area contributed by atoms with Gasteiger partial charge in [0.15, 0.2) is 0 Å². The van der Waals surface area contributed by atoms with Crippen LogP contribution in [0.25, 0.3) is 0 Å². The summed E-state index contributed by atoms with van der Waals surface area (Å²) in [5, 5.41) is 2.96. The van der Waals surface area contributed by atoms with Gasteiger partial charge < -0.3 is 10.1 Å². The third-order valence-electron chi connectivity index (χ3n) is 3.02. The van der Waals surface area contributed by atoms with E-state index in [1.54, 1.807) is 18.2 Å². The molecule has 0 bridgehead atoms. The average Bonchev–Trinajstić information content (AvgIpc) is 2.53. The largest absolute Gasteiger partial charge is 0.416 e. The Bertz CT molecular complexity index is 690. The van der Waals surface area contributed by atoms with Crippen molar-refractivity contribution in [3.05, 3.63) is 58.7 Å². The van der Waals surface area contributed by atoms with E-state index in [0.29, 0.717) is 16.4 Å². The van der Waals surface area contributed by atoms with Gasteiger partial charge in [-0.05, 0) is 30.2 Å². The van der Waals surface area contributed by atoms with Crippen molar-refractivity contribution < 1.29 is 22.7 Å². The van der Waals surface area contributed by atoms with E-state index in [-0.39, 0.29) is 19.6 Å². The Morgan fingerprint density at radius 3 is 2.71 bits per heavy atom. The molecule has 1 heterocycles. The summed E-state index contributed by atoms with van der Waals surface area (Å²) in [6, 6.07) is 8.13. The number of ether oxygens (including phenoxy) is 1. The number of pyridine rings is 1. The van der Waals surface area contributed by atoms with Crippen LogP contribution in [0.5, 0.6) is 0 Å². The Labute approximate surface area is 141 Å². The van der Waals surface area contributed by atoms with Crippen molar-refractivity contribution in [1.82, 2.24) is 4.98 Å². The van der Waals surface area contributed by atoms with E-state index in [1.807, 2.05) is 0 Å². The first-order chi connectivity index (χ1) is 11.3. The highest BCUT2D eigenvalue weighted by Crippen LogP contribution is 2.29. The molecule has 0 unspecified atom stereocenters. The Hall–Kier alpha value is -2.12. The number of carbonyl (C=O) groups is 1. The monoisotopic (exact) mass is 358 g/mol. The fraction of sp³-hybridized carbons (Fsp3) is 0.250. The van der Waals surface area contributed by atoms with Gasteiger partial charge in [-0.1, -0.05) is 29.8 Å². The van der Waals surface area contributed by atoms with Crippen LogP contribution in [0.4, 0.5) is 19.0 Å². The van der Waals surface area contributed by atoms with Crippen LogP contribution in [0.2, 0.25) is 5.02 Å². The highest BCUT2D eigenvalue weighted by atomic mass is 35.5. The summed E-state index contributed by atoms with van der Waals surface area (Å²) < 4.78 is 43.0. The molecule has 1 aromatic heterocycles. The second-order valence-electron chi connectivity index (χ2n) is 4.91. The maximum atomic E-state index is 12.6. The van der Waals surface area contributed by atoms with Crippen LogP contribution in [0, 0.1) is 0 Å². The van der Waals surface area contributed by atoms with Crippen LogP contribution in [-0.4, -0.2) is 24.1 Å². The highest BCUT2D eigenvalue weighted by Gasteiger charge is 2.30. The van der Waals surface area contributed by atoms with Gasteiger partial charge in [0.25, 0.3) is 5.91 Å². The lowest BCUT2D eigenvalue weighted by atomic mass is 10.1. The smallest absolute Gasteiger partial charge is 0.371 e. The zero-order valence-corrected chi connectivity index (χ0v) is 13.2. The van der Waals surface area contributed by atoms with Gasteiger partial charge in [0.1, 0.15) is 12.4 Å². The number of nitrogens with zero attached hydrogens (tertiary/aromatic N) is 1. The van der Waals surface area contributed by atoms with Crippen molar-refractivity contribution in [2.24, 2.45) is 0 Å². The lowest BCUT2D eigenvalue weighted by molar-refractivity contribution is -0.137. The molecule has 1 aromatic carbocycles. The molecular formula is C16H14ClF3N2O2. The van der Waals surface area contributed by atoms with E-state index >= 15 is 0 Å². The van der Waals surface area contributed by atoms with E-state index in [0.717, 1.165) is 12.1 Å².